The highest BCUT2D eigenvalue weighted by Gasteiger charge is 2.29. The predicted molar refractivity (Wildman–Crippen MR) is 82.1 cm³/mol. The Hall–Kier alpha value is -1.79. The number of hydrogen-bond donors (Lipinski definition) is 2. The maximum absolute atomic E-state index is 13.1. The summed E-state index contributed by atoms with van der Waals surface area (Å²) in [5.41, 5.74) is 1.59. The second-order valence-electron chi connectivity index (χ2n) is 5.53. The van der Waals surface area contributed by atoms with Gasteiger partial charge in [0.1, 0.15) is 6.04 Å². The lowest BCUT2D eigenvalue weighted by Crippen LogP contribution is -3.14. The van der Waals surface area contributed by atoms with E-state index in [2.05, 4.69) is 23.7 Å². The fourth-order valence-electron chi connectivity index (χ4n) is 2.88. The molecule has 22 heavy (non-hydrogen) atoms. The van der Waals surface area contributed by atoms with Gasteiger partial charge in [0.2, 0.25) is 0 Å². The molecule has 0 saturated heterocycles. The average molecular weight is 323 g/mol. The van der Waals surface area contributed by atoms with Gasteiger partial charge >= 0.3 is 0 Å². The van der Waals surface area contributed by atoms with Crippen molar-refractivity contribution in [3.8, 4) is 0 Å². The Morgan fingerprint density at radius 3 is 2.95 bits per heavy atom. The molecule has 2 aromatic rings. The molecule has 6 heteroatoms. The van der Waals surface area contributed by atoms with Crippen molar-refractivity contribution in [1.82, 2.24) is 0 Å². The highest BCUT2D eigenvalue weighted by Crippen LogP contribution is 2.24. The van der Waals surface area contributed by atoms with Crippen molar-refractivity contribution < 1.29 is 18.5 Å². The average Bonchev–Trinajstić information content (AvgIpc) is 2.95. The van der Waals surface area contributed by atoms with Crippen LogP contribution in [0.25, 0.3) is 0 Å². The van der Waals surface area contributed by atoms with Crippen LogP contribution in [0.2, 0.25) is 0 Å². The summed E-state index contributed by atoms with van der Waals surface area (Å²) in [4.78, 5) is 14.7. The van der Waals surface area contributed by atoms with Gasteiger partial charge in [-0.15, -0.1) is 11.3 Å². The first-order valence-corrected chi connectivity index (χ1v) is 8.08. The van der Waals surface area contributed by atoms with Crippen LogP contribution in [0.4, 0.5) is 14.5 Å². The number of anilines is 1. The molecule has 116 valence electrons. The fraction of sp³-hybridized carbons (Fsp3) is 0.312. The molecule has 0 bridgehead atoms. The van der Waals surface area contributed by atoms with E-state index in [-0.39, 0.29) is 17.6 Å². The van der Waals surface area contributed by atoms with Crippen LogP contribution in [0.3, 0.4) is 0 Å². The van der Waals surface area contributed by atoms with Gasteiger partial charge in [0.05, 0.1) is 6.54 Å². The number of quaternary nitrogens is 1. The third-order valence-electron chi connectivity index (χ3n) is 4.12. The first kappa shape index (κ1) is 15.1. The predicted octanol–water partition coefficient (Wildman–Crippen LogP) is 2.17. The van der Waals surface area contributed by atoms with Gasteiger partial charge in [-0.25, -0.2) is 8.78 Å². The Balaban J connectivity index is 1.64. The molecule has 1 aromatic carbocycles. The lowest BCUT2D eigenvalue weighted by atomic mass is 10.0. The van der Waals surface area contributed by atoms with Gasteiger partial charge < -0.3 is 10.2 Å². The number of rotatable bonds is 3. The molecule has 0 radical (unpaired) electrons. The zero-order valence-corrected chi connectivity index (χ0v) is 13.0. The van der Waals surface area contributed by atoms with Gasteiger partial charge in [-0.1, -0.05) is 0 Å². The van der Waals surface area contributed by atoms with E-state index in [9.17, 15) is 13.6 Å². The van der Waals surface area contributed by atoms with Crippen molar-refractivity contribution in [3.63, 3.8) is 0 Å². The summed E-state index contributed by atoms with van der Waals surface area (Å²) in [6.45, 7) is 3.33. The summed E-state index contributed by atoms with van der Waals surface area (Å²) in [7, 11) is 0. The molecule has 2 atom stereocenters. The summed E-state index contributed by atoms with van der Waals surface area (Å²) >= 11 is 1.76. The molecule has 0 aliphatic carbocycles. The Morgan fingerprint density at radius 2 is 2.18 bits per heavy atom. The second-order valence-corrected chi connectivity index (χ2v) is 6.53. The van der Waals surface area contributed by atoms with Crippen molar-refractivity contribution in [1.29, 1.82) is 0 Å². The molecular weight excluding hydrogens is 306 g/mol. The van der Waals surface area contributed by atoms with E-state index in [0.29, 0.717) is 6.54 Å². The maximum Gasteiger partial charge on any atom is 0.279 e. The quantitative estimate of drug-likeness (QED) is 0.892. The molecule has 0 fully saturated rings. The van der Waals surface area contributed by atoms with Crippen LogP contribution in [-0.4, -0.2) is 19.0 Å². The molecule has 2 heterocycles. The molecule has 2 N–H and O–H groups in total. The van der Waals surface area contributed by atoms with Crippen molar-refractivity contribution in [2.75, 3.05) is 18.4 Å². The zero-order chi connectivity index (χ0) is 15.7. The van der Waals surface area contributed by atoms with E-state index >= 15 is 0 Å². The third-order valence-corrected chi connectivity index (χ3v) is 5.12. The minimum absolute atomic E-state index is 0.188. The lowest BCUT2D eigenvalue weighted by molar-refractivity contribution is -0.923. The van der Waals surface area contributed by atoms with Gasteiger partial charge in [0, 0.05) is 28.6 Å². The van der Waals surface area contributed by atoms with Gasteiger partial charge in [0.15, 0.2) is 18.2 Å². The van der Waals surface area contributed by atoms with Crippen LogP contribution in [0.1, 0.15) is 23.4 Å². The zero-order valence-electron chi connectivity index (χ0n) is 12.2. The van der Waals surface area contributed by atoms with E-state index in [1.54, 1.807) is 11.3 Å². The summed E-state index contributed by atoms with van der Waals surface area (Å²) < 4.78 is 26.0. The number of fused-ring (bicyclic) bond motifs is 1. The largest absolute Gasteiger partial charge is 0.321 e. The van der Waals surface area contributed by atoms with Crippen LogP contribution >= 0.6 is 11.3 Å². The van der Waals surface area contributed by atoms with Crippen molar-refractivity contribution >= 4 is 22.9 Å². The van der Waals surface area contributed by atoms with E-state index < -0.39 is 11.6 Å². The highest BCUT2D eigenvalue weighted by molar-refractivity contribution is 7.10. The van der Waals surface area contributed by atoms with Gasteiger partial charge in [-0.05, 0) is 30.5 Å². The highest BCUT2D eigenvalue weighted by atomic mass is 32.1. The van der Waals surface area contributed by atoms with Crippen molar-refractivity contribution in [2.45, 2.75) is 19.4 Å². The molecule has 1 aliphatic heterocycles. The van der Waals surface area contributed by atoms with Crippen LogP contribution in [0.15, 0.2) is 29.6 Å². The van der Waals surface area contributed by atoms with E-state index in [1.807, 2.05) is 0 Å². The van der Waals surface area contributed by atoms with Gasteiger partial charge in [-0.3, -0.25) is 4.79 Å². The second kappa shape index (κ2) is 6.14. The first-order chi connectivity index (χ1) is 10.5. The first-order valence-electron chi connectivity index (χ1n) is 7.20. The Kier molecular flexibility index (Phi) is 4.22. The number of thiophene rings is 1. The molecule has 0 saturated carbocycles. The van der Waals surface area contributed by atoms with Crippen LogP contribution in [-0.2, 0) is 11.2 Å². The summed E-state index contributed by atoms with van der Waals surface area (Å²) in [5, 5.41) is 4.72. The molecule has 1 unspecified atom stereocenters. The van der Waals surface area contributed by atoms with E-state index in [4.69, 9.17) is 0 Å². The standard InChI is InChI=1S/C16H16F2N2OS/c1-10-12-5-7-22-15(12)4-6-20(10)9-16(21)19-11-2-3-13(17)14(18)8-11/h2-3,5,7-8,10H,4,6,9H2,1H3,(H,19,21)/p+1/t10-/m1/s1. The summed E-state index contributed by atoms with van der Waals surface area (Å²) in [5.74, 6) is -2.07. The Labute approximate surface area is 131 Å². The Bertz CT molecular complexity index is 701. The normalized spacial score (nSPS) is 20.5. The SMILES string of the molecule is C[C@@H]1c2ccsc2CC[NH+]1CC(=O)Nc1ccc(F)c(F)c1. The van der Waals surface area contributed by atoms with E-state index in [0.717, 1.165) is 25.1 Å². The topological polar surface area (TPSA) is 33.5 Å². The summed E-state index contributed by atoms with van der Waals surface area (Å²) in [6.07, 6.45) is 0.977. The van der Waals surface area contributed by atoms with Crippen LogP contribution in [0, 0.1) is 11.6 Å². The lowest BCUT2D eigenvalue weighted by Gasteiger charge is -2.29. The summed E-state index contributed by atoms with van der Waals surface area (Å²) in [6, 6.07) is 5.77. The molecule has 3 nitrogen and oxygen atoms in total. The molecule has 1 aromatic heterocycles. The minimum atomic E-state index is -0.959. The number of halogens is 2. The molecular formula is C16H17F2N2OS+. The third kappa shape index (κ3) is 3.03. The number of carbonyl (C=O) groups is 1. The number of hydrogen-bond acceptors (Lipinski definition) is 2. The number of amides is 1. The van der Waals surface area contributed by atoms with Crippen molar-refractivity contribution in [2.24, 2.45) is 0 Å². The molecule has 0 spiro atoms. The van der Waals surface area contributed by atoms with E-state index in [1.165, 1.54) is 21.4 Å². The van der Waals surface area contributed by atoms with Gasteiger partial charge in [0.25, 0.3) is 5.91 Å². The smallest absolute Gasteiger partial charge is 0.279 e. The van der Waals surface area contributed by atoms with Crippen LogP contribution < -0.4 is 10.2 Å². The van der Waals surface area contributed by atoms with Crippen molar-refractivity contribution in [3.05, 3.63) is 51.7 Å². The van der Waals surface area contributed by atoms with Crippen LogP contribution in [0.5, 0.6) is 0 Å². The fourth-order valence-corrected chi connectivity index (χ4v) is 3.86. The molecule has 1 aliphatic rings. The molecule has 1 amide bonds. The molecule has 3 rings (SSSR count). The minimum Gasteiger partial charge on any atom is -0.321 e. The Morgan fingerprint density at radius 1 is 1.36 bits per heavy atom. The maximum atomic E-state index is 13.1. The monoisotopic (exact) mass is 323 g/mol. The van der Waals surface area contributed by atoms with Gasteiger partial charge in [-0.2, -0.15) is 0 Å². The number of benzene rings is 1. The number of carbonyl (C=O) groups excluding carboxylic acids is 1. The number of nitrogens with one attached hydrogen (secondary N) is 2.